The Morgan fingerprint density at radius 1 is 0.722 bits per heavy atom. The predicted molar refractivity (Wildman–Crippen MR) is 131 cm³/mol. The summed E-state index contributed by atoms with van der Waals surface area (Å²) in [5, 5.41) is 38.6. The van der Waals surface area contributed by atoms with Crippen LogP contribution in [0.1, 0.15) is 21.5 Å². The third-order valence-electron chi connectivity index (χ3n) is 5.04. The zero-order valence-corrected chi connectivity index (χ0v) is 19.9. The number of ether oxygens (including phenoxy) is 4. The highest BCUT2D eigenvalue weighted by molar-refractivity contribution is 5.90. The van der Waals surface area contributed by atoms with E-state index < -0.39 is 18.2 Å². The fourth-order valence-electron chi connectivity index (χ4n) is 3.28. The van der Waals surface area contributed by atoms with Crippen LogP contribution in [0.2, 0.25) is 0 Å². The molecule has 4 N–H and O–H groups in total. The molecule has 0 spiro atoms. The normalized spacial score (nSPS) is 12.5. The highest BCUT2D eigenvalue weighted by Gasteiger charge is 2.14. The number of aromatic hydroxyl groups is 2. The minimum atomic E-state index is -1.06. The van der Waals surface area contributed by atoms with E-state index in [-0.39, 0.29) is 43.5 Å². The van der Waals surface area contributed by atoms with Gasteiger partial charge in [0.1, 0.15) is 55.0 Å². The van der Waals surface area contributed by atoms with E-state index in [2.05, 4.69) is 0 Å². The minimum Gasteiger partial charge on any atom is -0.508 e. The molecular formula is C27H30O9. The van der Waals surface area contributed by atoms with Crippen molar-refractivity contribution in [1.82, 2.24) is 0 Å². The number of aliphatic hydroxyl groups is 2. The number of phenols is 2. The summed E-state index contributed by atoms with van der Waals surface area (Å²) < 4.78 is 21.0. The molecule has 0 saturated carbocycles. The number of hydrogen-bond donors (Lipinski definition) is 4. The van der Waals surface area contributed by atoms with Crippen molar-refractivity contribution in [2.75, 3.05) is 33.5 Å². The Morgan fingerprint density at radius 3 is 1.67 bits per heavy atom. The van der Waals surface area contributed by atoms with E-state index in [1.807, 2.05) is 36.4 Å². The van der Waals surface area contributed by atoms with Crippen molar-refractivity contribution in [2.24, 2.45) is 0 Å². The Hall–Kier alpha value is -3.79. The summed E-state index contributed by atoms with van der Waals surface area (Å²) in [5.74, 6) is -0.0974. The van der Waals surface area contributed by atoms with Gasteiger partial charge < -0.3 is 39.4 Å². The second kappa shape index (κ2) is 13.3. The molecule has 0 heterocycles. The van der Waals surface area contributed by atoms with Gasteiger partial charge in [-0.05, 0) is 53.9 Å². The van der Waals surface area contributed by atoms with Gasteiger partial charge in [-0.2, -0.15) is 0 Å². The van der Waals surface area contributed by atoms with Crippen LogP contribution in [-0.4, -0.2) is 72.1 Å². The van der Waals surface area contributed by atoms with Gasteiger partial charge in [0.05, 0.1) is 12.2 Å². The maximum Gasteiger partial charge on any atom is 0.338 e. The smallest absolute Gasteiger partial charge is 0.338 e. The van der Waals surface area contributed by atoms with Crippen molar-refractivity contribution in [3.8, 4) is 23.0 Å². The average Bonchev–Trinajstić information content (AvgIpc) is 2.86. The number of phenolic OH excluding ortho intramolecular Hbond substituents is 2. The highest BCUT2D eigenvalue weighted by Crippen LogP contribution is 2.21. The second-order valence-electron chi connectivity index (χ2n) is 8.19. The molecule has 0 amide bonds. The number of esters is 1. The summed E-state index contributed by atoms with van der Waals surface area (Å²) in [5.41, 5.74) is 2.13. The van der Waals surface area contributed by atoms with Gasteiger partial charge >= 0.3 is 5.97 Å². The molecule has 2 unspecified atom stereocenters. The van der Waals surface area contributed by atoms with Crippen LogP contribution >= 0.6 is 0 Å². The topological polar surface area (TPSA) is 135 Å². The number of carbonyl (C=O) groups excluding carboxylic acids is 1. The average molecular weight is 499 g/mol. The van der Waals surface area contributed by atoms with Gasteiger partial charge in [0, 0.05) is 13.2 Å². The summed E-state index contributed by atoms with van der Waals surface area (Å²) in [7, 11) is 1.52. The molecule has 0 aliphatic heterocycles. The van der Waals surface area contributed by atoms with Crippen LogP contribution in [0.15, 0.2) is 66.7 Å². The van der Waals surface area contributed by atoms with E-state index in [4.69, 9.17) is 18.9 Å². The molecule has 0 fully saturated rings. The molecule has 3 aromatic carbocycles. The minimum absolute atomic E-state index is 0.0285. The van der Waals surface area contributed by atoms with Gasteiger partial charge in [-0.3, -0.25) is 0 Å². The van der Waals surface area contributed by atoms with Gasteiger partial charge in [0.25, 0.3) is 0 Å². The lowest BCUT2D eigenvalue weighted by molar-refractivity contribution is 0.0130. The first-order valence-electron chi connectivity index (χ1n) is 11.3. The van der Waals surface area contributed by atoms with E-state index in [9.17, 15) is 25.2 Å². The van der Waals surface area contributed by atoms with Gasteiger partial charge in [-0.15, -0.1) is 0 Å². The Kier molecular flexibility index (Phi) is 9.93. The third kappa shape index (κ3) is 8.77. The Morgan fingerprint density at radius 2 is 1.19 bits per heavy atom. The number of rotatable bonds is 13. The number of methoxy groups -OCH3 is 1. The van der Waals surface area contributed by atoms with E-state index >= 15 is 0 Å². The molecule has 0 radical (unpaired) electrons. The lowest BCUT2D eigenvalue weighted by Gasteiger charge is -2.13. The molecule has 9 nitrogen and oxygen atoms in total. The standard InChI is InChI=1S/C27H30O9/c1-33-14-23(30)15-34-25-6-2-18(3-7-25)10-19-4-8-26(9-5-19)35-16-24(31)17-36-27(32)20-11-21(28)13-22(29)12-20/h2-9,11-13,23-24,28-31H,10,14-17H2,1H3. The Bertz CT molecular complexity index is 1080. The van der Waals surface area contributed by atoms with Crippen LogP contribution in [0.25, 0.3) is 0 Å². The maximum absolute atomic E-state index is 12.0. The Labute approximate surface area is 209 Å². The van der Waals surface area contributed by atoms with E-state index in [0.29, 0.717) is 17.9 Å². The van der Waals surface area contributed by atoms with Crippen molar-refractivity contribution in [3.63, 3.8) is 0 Å². The summed E-state index contributed by atoms with van der Waals surface area (Å²) >= 11 is 0. The van der Waals surface area contributed by atoms with E-state index in [0.717, 1.165) is 29.3 Å². The van der Waals surface area contributed by atoms with Crippen molar-refractivity contribution < 1.29 is 44.2 Å². The second-order valence-corrected chi connectivity index (χ2v) is 8.19. The number of benzene rings is 3. The number of hydrogen-bond acceptors (Lipinski definition) is 9. The van der Waals surface area contributed by atoms with Crippen LogP contribution in [0.3, 0.4) is 0 Å². The molecule has 0 aliphatic carbocycles. The van der Waals surface area contributed by atoms with E-state index in [1.165, 1.54) is 7.11 Å². The summed E-state index contributed by atoms with van der Waals surface area (Å²) in [4.78, 5) is 12.0. The first-order valence-corrected chi connectivity index (χ1v) is 11.3. The molecular weight excluding hydrogens is 468 g/mol. The number of aliphatic hydroxyl groups excluding tert-OH is 2. The first kappa shape index (κ1) is 26.8. The molecule has 0 bridgehead atoms. The molecule has 9 heteroatoms. The van der Waals surface area contributed by atoms with Crippen molar-refractivity contribution in [2.45, 2.75) is 18.6 Å². The van der Waals surface area contributed by atoms with Crippen molar-refractivity contribution >= 4 is 5.97 Å². The highest BCUT2D eigenvalue weighted by atomic mass is 16.5. The molecule has 2 atom stereocenters. The van der Waals surface area contributed by atoms with Gasteiger partial charge in [-0.1, -0.05) is 24.3 Å². The van der Waals surface area contributed by atoms with Crippen LogP contribution in [0.4, 0.5) is 0 Å². The molecule has 0 aromatic heterocycles. The summed E-state index contributed by atoms with van der Waals surface area (Å²) in [6, 6.07) is 18.4. The quantitative estimate of drug-likeness (QED) is 0.262. The van der Waals surface area contributed by atoms with Crippen LogP contribution in [-0.2, 0) is 15.9 Å². The monoisotopic (exact) mass is 498 g/mol. The first-order chi connectivity index (χ1) is 17.3. The van der Waals surface area contributed by atoms with Crippen LogP contribution < -0.4 is 9.47 Å². The van der Waals surface area contributed by atoms with Gasteiger partial charge in [0.2, 0.25) is 0 Å². The third-order valence-corrected chi connectivity index (χ3v) is 5.04. The van der Waals surface area contributed by atoms with Crippen molar-refractivity contribution in [1.29, 1.82) is 0 Å². The maximum atomic E-state index is 12.0. The summed E-state index contributed by atoms with van der Waals surface area (Å²) in [6.07, 6.45) is -1.03. The SMILES string of the molecule is COCC(O)COc1ccc(Cc2ccc(OCC(O)COC(=O)c3cc(O)cc(O)c3)cc2)cc1. The van der Waals surface area contributed by atoms with Crippen LogP contribution in [0.5, 0.6) is 23.0 Å². The molecule has 0 aliphatic rings. The van der Waals surface area contributed by atoms with Gasteiger partial charge in [0.15, 0.2) is 0 Å². The fraction of sp³-hybridized carbons (Fsp3) is 0.296. The molecule has 3 rings (SSSR count). The zero-order valence-electron chi connectivity index (χ0n) is 19.9. The zero-order chi connectivity index (χ0) is 25.9. The Balaban J connectivity index is 1.40. The van der Waals surface area contributed by atoms with E-state index in [1.54, 1.807) is 12.1 Å². The molecule has 3 aromatic rings. The molecule has 36 heavy (non-hydrogen) atoms. The number of carbonyl (C=O) groups is 1. The predicted octanol–water partition coefficient (Wildman–Crippen LogP) is 2.67. The molecule has 0 saturated heterocycles. The van der Waals surface area contributed by atoms with Crippen molar-refractivity contribution in [3.05, 3.63) is 83.4 Å². The lowest BCUT2D eigenvalue weighted by Crippen LogP contribution is -2.25. The molecule has 192 valence electrons. The summed E-state index contributed by atoms with van der Waals surface area (Å²) in [6.45, 7) is -0.0124. The fourth-order valence-corrected chi connectivity index (χ4v) is 3.28. The van der Waals surface area contributed by atoms with Crippen LogP contribution in [0, 0.1) is 0 Å². The largest absolute Gasteiger partial charge is 0.508 e. The lowest BCUT2D eigenvalue weighted by atomic mass is 10.0. The van der Waals surface area contributed by atoms with Gasteiger partial charge in [-0.25, -0.2) is 4.79 Å².